The molecule has 2 N–H and O–H groups in total. The van der Waals surface area contributed by atoms with Crippen LogP contribution in [0.15, 0.2) is 34.9 Å². The van der Waals surface area contributed by atoms with Crippen LogP contribution in [0.4, 0.5) is 0 Å². The first-order valence-corrected chi connectivity index (χ1v) is 5.79. The second kappa shape index (κ2) is 4.22. The van der Waals surface area contributed by atoms with Gasteiger partial charge in [-0.25, -0.2) is 4.98 Å². The molecular formula is C13H14N2O2. The van der Waals surface area contributed by atoms with Gasteiger partial charge < -0.3 is 14.8 Å². The number of hydrogen-bond acceptors (Lipinski definition) is 4. The number of phenolic OH excluding ortho intramolecular Hbond substituents is 1. The predicted molar refractivity (Wildman–Crippen MR) is 63.8 cm³/mol. The highest BCUT2D eigenvalue weighted by molar-refractivity contribution is 5.54. The summed E-state index contributed by atoms with van der Waals surface area (Å²) < 4.78 is 5.76. The minimum absolute atomic E-state index is 0.250. The number of phenols is 1. The fourth-order valence-electron chi connectivity index (χ4n) is 2.11. The lowest BCUT2D eigenvalue weighted by Gasteiger charge is -2.02. The van der Waals surface area contributed by atoms with Crippen LogP contribution in [0.1, 0.15) is 18.1 Å². The highest BCUT2D eigenvalue weighted by Crippen LogP contribution is 2.27. The molecule has 2 aromatic rings. The number of rotatable bonds is 2. The molecule has 4 heteroatoms. The van der Waals surface area contributed by atoms with E-state index in [2.05, 4.69) is 10.3 Å². The van der Waals surface area contributed by atoms with E-state index in [0.717, 1.165) is 30.8 Å². The third kappa shape index (κ3) is 2.03. The van der Waals surface area contributed by atoms with Gasteiger partial charge in [0.1, 0.15) is 11.5 Å². The van der Waals surface area contributed by atoms with Gasteiger partial charge in [-0.3, -0.25) is 0 Å². The molecule has 0 radical (unpaired) electrons. The van der Waals surface area contributed by atoms with E-state index in [1.165, 1.54) is 0 Å². The summed E-state index contributed by atoms with van der Waals surface area (Å²) in [5.41, 5.74) is 0.889. The highest BCUT2D eigenvalue weighted by atomic mass is 16.4. The Morgan fingerprint density at radius 3 is 2.82 bits per heavy atom. The second-order valence-corrected chi connectivity index (χ2v) is 4.30. The maximum Gasteiger partial charge on any atom is 0.226 e. The van der Waals surface area contributed by atoms with Gasteiger partial charge in [-0.1, -0.05) is 0 Å². The number of oxazole rings is 1. The maximum absolute atomic E-state index is 9.22. The van der Waals surface area contributed by atoms with Gasteiger partial charge >= 0.3 is 0 Å². The van der Waals surface area contributed by atoms with Crippen molar-refractivity contribution in [2.45, 2.75) is 12.3 Å². The van der Waals surface area contributed by atoms with Crippen molar-refractivity contribution < 1.29 is 9.52 Å². The summed E-state index contributed by atoms with van der Waals surface area (Å²) in [5.74, 6) is 2.25. The van der Waals surface area contributed by atoms with E-state index in [4.69, 9.17) is 4.42 Å². The number of aromatic nitrogens is 1. The quantitative estimate of drug-likeness (QED) is 0.829. The highest BCUT2D eigenvalue weighted by Gasteiger charge is 2.20. The average Bonchev–Trinajstić information content (AvgIpc) is 3.00. The smallest absolute Gasteiger partial charge is 0.226 e. The lowest BCUT2D eigenvalue weighted by Crippen LogP contribution is -2.07. The molecule has 1 atom stereocenters. The van der Waals surface area contributed by atoms with E-state index in [-0.39, 0.29) is 5.75 Å². The van der Waals surface area contributed by atoms with Gasteiger partial charge in [0, 0.05) is 18.0 Å². The molecule has 1 aliphatic heterocycles. The molecule has 1 unspecified atom stereocenters. The van der Waals surface area contributed by atoms with Gasteiger partial charge in [0.2, 0.25) is 5.89 Å². The molecule has 0 bridgehead atoms. The van der Waals surface area contributed by atoms with Gasteiger partial charge in [-0.15, -0.1) is 0 Å². The zero-order valence-electron chi connectivity index (χ0n) is 9.39. The third-order valence-electron chi connectivity index (χ3n) is 3.10. The fraction of sp³-hybridized carbons (Fsp3) is 0.308. The number of hydrogen-bond donors (Lipinski definition) is 2. The van der Waals surface area contributed by atoms with Crippen LogP contribution in [-0.4, -0.2) is 23.2 Å². The fourth-order valence-corrected chi connectivity index (χ4v) is 2.11. The second-order valence-electron chi connectivity index (χ2n) is 4.30. The normalized spacial score (nSPS) is 19.6. The molecule has 3 rings (SSSR count). The maximum atomic E-state index is 9.22. The summed E-state index contributed by atoms with van der Waals surface area (Å²) in [6.45, 7) is 2.00. The molecule has 4 nitrogen and oxygen atoms in total. The molecular weight excluding hydrogens is 216 g/mol. The Labute approximate surface area is 99.3 Å². The average molecular weight is 230 g/mol. The lowest BCUT2D eigenvalue weighted by molar-refractivity contribution is 0.474. The van der Waals surface area contributed by atoms with E-state index in [1.807, 2.05) is 0 Å². The first-order valence-electron chi connectivity index (χ1n) is 5.79. The van der Waals surface area contributed by atoms with E-state index in [0.29, 0.717) is 11.8 Å². The Morgan fingerprint density at radius 2 is 2.12 bits per heavy atom. The molecule has 17 heavy (non-hydrogen) atoms. The standard InChI is InChI=1S/C13H14N2O2/c16-11-3-1-9(2-4-11)13-15-8-12(17-13)10-5-6-14-7-10/h1-4,8,10,14,16H,5-7H2. The van der Waals surface area contributed by atoms with Crippen molar-refractivity contribution in [1.29, 1.82) is 0 Å². The Hall–Kier alpha value is -1.81. The lowest BCUT2D eigenvalue weighted by atomic mass is 10.1. The van der Waals surface area contributed by atoms with Crippen LogP contribution in [-0.2, 0) is 0 Å². The summed E-state index contributed by atoms with van der Waals surface area (Å²) in [7, 11) is 0. The largest absolute Gasteiger partial charge is 0.508 e. The van der Waals surface area contributed by atoms with Crippen molar-refractivity contribution in [1.82, 2.24) is 10.3 Å². The van der Waals surface area contributed by atoms with Crippen molar-refractivity contribution in [3.63, 3.8) is 0 Å². The Kier molecular flexibility index (Phi) is 2.57. The Balaban J connectivity index is 1.86. The van der Waals surface area contributed by atoms with E-state index in [1.54, 1.807) is 30.5 Å². The van der Waals surface area contributed by atoms with Crippen LogP contribution < -0.4 is 5.32 Å². The van der Waals surface area contributed by atoms with Crippen molar-refractivity contribution >= 4 is 0 Å². The van der Waals surface area contributed by atoms with Crippen LogP contribution >= 0.6 is 0 Å². The van der Waals surface area contributed by atoms with Crippen molar-refractivity contribution in [3.05, 3.63) is 36.2 Å². The van der Waals surface area contributed by atoms with Gasteiger partial charge in [0.25, 0.3) is 0 Å². The van der Waals surface area contributed by atoms with Crippen molar-refractivity contribution in [2.24, 2.45) is 0 Å². The number of nitrogens with zero attached hydrogens (tertiary/aromatic N) is 1. The van der Waals surface area contributed by atoms with E-state index in [9.17, 15) is 5.11 Å². The zero-order chi connectivity index (χ0) is 11.7. The first-order chi connectivity index (χ1) is 8.33. The summed E-state index contributed by atoms with van der Waals surface area (Å²) in [6.07, 6.45) is 2.91. The van der Waals surface area contributed by atoms with Gasteiger partial charge in [-0.05, 0) is 37.2 Å². The van der Waals surface area contributed by atoms with Crippen LogP contribution in [0, 0.1) is 0 Å². The van der Waals surface area contributed by atoms with Crippen LogP contribution in [0.5, 0.6) is 5.75 Å². The van der Waals surface area contributed by atoms with Crippen molar-refractivity contribution in [2.75, 3.05) is 13.1 Å². The SMILES string of the molecule is Oc1ccc(-c2ncc(C3CCNC3)o2)cc1. The summed E-state index contributed by atoms with van der Waals surface area (Å²) in [4.78, 5) is 4.28. The molecule has 88 valence electrons. The molecule has 1 aromatic carbocycles. The minimum atomic E-state index is 0.250. The van der Waals surface area contributed by atoms with Gasteiger partial charge in [0.15, 0.2) is 0 Å². The molecule has 2 heterocycles. The van der Waals surface area contributed by atoms with Gasteiger partial charge in [-0.2, -0.15) is 0 Å². The van der Waals surface area contributed by atoms with Gasteiger partial charge in [0.05, 0.1) is 6.20 Å². The van der Waals surface area contributed by atoms with Crippen molar-refractivity contribution in [3.8, 4) is 17.2 Å². The molecule has 0 saturated carbocycles. The monoisotopic (exact) mass is 230 g/mol. The molecule has 1 aliphatic rings. The summed E-state index contributed by atoms with van der Waals surface area (Å²) >= 11 is 0. The summed E-state index contributed by atoms with van der Waals surface area (Å²) in [5, 5.41) is 12.5. The van der Waals surface area contributed by atoms with E-state index < -0.39 is 0 Å². The van der Waals surface area contributed by atoms with Crippen LogP contribution in [0.2, 0.25) is 0 Å². The number of aromatic hydroxyl groups is 1. The summed E-state index contributed by atoms with van der Waals surface area (Å²) in [6, 6.07) is 6.88. The Bertz CT molecular complexity index is 498. The first kappa shape index (κ1) is 10.4. The molecule has 1 aromatic heterocycles. The topological polar surface area (TPSA) is 58.3 Å². The van der Waals surface area contributed by atoms with E-state index >= 15 is 0 Å². The zero-order valence-corrected chi connectivity index (χ0v) is 9.39. The molecule has 1 fully saturated rings. The Morgan fingerprint density at radius 1 is 1.29 bits per heavy atom. The predicted octanol–water partition coefficient (Wildman–Crippen LogP) is 2.12. The number of benzene rings is 1. The third-order valence-corrected chi connectivity index (χ3v) is 3.10. The van der Waals surface area contributed by atoms with Crippen LogP contribution in [0.25, 0.3) is 11.5 Å². The molecule has 0 amide bonds. The molecule has 0 aliphatic carbocycles. The number of nitrogens with one attached hydrogen (secondary N) is 1. The minimum Gasteiger partial charge on any atom is -0.508 e. The molecule has 0 spiro atoms. The van der Waals surface area contributed by atoms with Crippen LogP contribution in [0.3, 0.4) is 0 Å². The molecule has 1 saturated heterocycles.